The van der Waals surface area contributed by atoms with Crippen LogP contribution < -0.4 is 5.32 Å². The highest BCUT2D eigenvalue weighted by Gasteiger charge is 2.15. The standard InChI is InChI=1S/C16H27N3O.C2H2O4/c1-2-5-15(4-1)17-14-16-6-3-7-19(16)9-8-18-10-12-20-13-11-18;3-1(4)2(5)6/h3,6-7,15,17H,1-2,4-5,8-14H2;(H,3,4)(H,5,6). The lowest BCUT2D eigenvalue weighted by molar-refractivity contribution is -0.159. The van der Waals surface area contributed by atoms with Crippen LogP contribution in [0.25, 0.3) is 0 Å². The van der Waals surface area contributed by atoms with Gasteiger partial charge in [0.1, 0.15) is 0 Å². The van der Waals surface area contributed by atoms with Gasteiger partial charge in [-0.25, -0.2) is 9.59 Å². The van der Waals surface area contributed by atoms with Gasteiger partial charge in [0.2, 0.25) is 0 Å². The zero-order valence-corrected chi connectivity index (χ0v) is 15.1. The molecule has 3 rings (SSSR count). The maximum atomic E-state index is 9.10. The fraction of sp³-hybridized carbons (Fsp3) is 0.667. The Morgan fingerprint density at radius 1 is 1.12 bits per heavy atom. The van der Waals surface area contributed by atoms with E-state index in [1.807, 2.05) is 0 Å². The number of hydrogen-bond donors (Lipinski definition) is 3. The van der Waals surface area contributed by atoms with Gasteiger partial charge >= 0.3 is 11.9 Å². The van der Waals surface area contributed by atoms with E-state index in [2.05, 4.69) is 33.1 Å². The number of hydrogen-bond acceptors (Lipinski definition) is 5. The van der Waals surface area contributed by atoms with E-state index in [4.69, 9.17) is 24.5 Å². The molecule has 0 amide bonds. The van der Waals surface area contributed by atoms with Gasteiger partial charge in [0, 0.05) is 50.7 Å². The second kappa shape index (κ2) is 10.9. The Morgan fingerprint density at radius 3 is 2.38 bits per heavy atom. The fourth-order valence-electron chi connectivity index (χ4n) is 3.28. The minimum atomic E-state index is -1.82. The molecule has 2 heterocycles. The topological polar surface area (TPSA) is 104 Å². The summed E-state index contributed by atoms with van der Waals surface area (Å²) in [5.41, 5.74) is 1.42. The van der Waals surface area contributed by atoms with Crippen molar-refractivity contribution in [3.63, 3.8) is 0 Å². The minimum absolute atomic E-state index is 0.748. The van der Waals surface area contributed by atoms with Crippen molar-refractivity contribution in [2.75, 3.05) is 32.8 Å². The molecule has 146 valence electrons. The van der Waals surface area contributed by atoms with E-state index in [9.17, 15) is 0 Å². The highest BCUT2D eigenvalue weighted by molar-refractivity contribution is 6.27. The Labute approximate surface area is 153 Å². The molecule has 26 heavy (non-hydrogen) atoms. The van der Waals surface area contributed by atoms with Gasteiger partial charge in [0.05, 0.1) is 13.2 Å². The summed E-state index contributed by atoms with van der Waals surface area (Å²) in [6.45, 7) is 7.18. The molecule has 0 atom stereocenters. The lowest BCUT2D eigenvalue weighted by Gasteiger charge is -2.27. The average Bonchev–Trinajstić information content (AvgIpc) is 3.31. The molecule has 3 N–H and O–H groups in total. The van der Waals surface area contributed by atoms with Crippen molar-refractivity contribution in [3.05, 3.63) is 24.0 Å². The summed E-state index contributed by atoms with van der Waals surface area (Å²) >= 11 is 0. The molecule has 8 heteroatoms. The molecule has 1 aromatic heterocycles. The van der Waals surface area contributed by atoms with Crippen LogP contribution in [0.1, 0.15) is 31.4 Å². The third-order valence-electron chi connectivity index (χ3n) is 4.79. The Kier molecular flexibility index (Phi) is 8.60. The lowest BCUT2D eigenvalue weighted by Crippen LogP contribution is -2.38. The monoisotopic (exact) mass is 367 g/mol. The van der Waals surface area contributed by atoms with Crippen LogP contribution in [0.3, 0.4) is 0 Å². The fourth-order valence-corrected chi connectivity index (χ4v) is 3.28. The second-order valence-electron chi connectivity index (χ2n) is 6.62. The molecule has 2 fully saturated rings. The second-order valence-corrected chi connectivity index (χ2v) is 6.62. The van der Waals surface area contributed by atoms with Crippen molar-refractivity contribution in [3.8, 4) is 0 Å². The van der Waals surface area contributed by atoms with Gasteiger partial charge in [0.25, 0.3) is 0 Å². The number of aliphatic carboxylic acids is 2. The van der Waals surface area contributed by atoms with Gasteiger partial charge in [-0.15, -0.1) is 0 Å². The number of carboxylic acids is 2. The van der Waals surface area contributed by atoms with Gasteiger partial charge in [-0.1, -0.05) is 12.8 Å². The summed E-state index contributed by atoms with van der Waals surface area (Å²) in [6, 6.07) is 5.17. The third kappa shape index (κ3) is 7.15. The number of carbonyl (C=O) groups is 2. The summed E-state index contributed by atoms with van der Waals surface area (Å²) in [7, 11) is 0. The molecule has 0 aromatic carbocycles. The Morgan fingerprint density at radius 2 is 1.77 bits per heavy atom. The zero-order valence-electron chi connectivity index (χ0n) is 15.1. The SMILES string of the molecule is O=C(O)C(=O)O.c1cc(CNC2CCCC2)n(CCN2CCOCC2)c1. The van der Waals surface area contributed by atoms with Crippen molar-refractivity contribution in [2.24, 2.45) is 0 Å². The zero-order chi connectivity index (χ0) is 18.8. The van der Waals surface area contributed by atoms with Gasteiger partial charge in [-0.2, -0.15) is 0 Å². The Balaban J connectivity index is 0.000000352. The number of morpholine rings is 1. The first-order valence-corrected chi connectivity index (χ1v) is 9.20. The molecule has 1 saturated heterocycles. The summed E-state index contributed by atoms with van der Waals surface area (Å²) < 4.78 is 7.80. The Hall–Kier alpha value is -1.90. The molecule has 1 aliphatic carbocycles. The molecule has 1 aliphatic heterocycles. The smallest absolute Gasteiger partial charge is 0.414 e. The molecular weight excluding hydrogens is 338 g/mol. The number of nitrogens with zero attached hydrogens (tertiary/aromatic N) is 2. The summed E-state index contributed by atoms with van der Waals surface area (Å²) in [4.78, 5) is 20.7. The van der Waals surface area contributed by atoms with Crippen molar-refractivity contribution >= 4 is 11.9 Å². The molecule has 2 aliphatic rings. The number of carboxylic acid groups (broad SMARTS) is 2. The van der Waals surface area contributed by atoms with Crippen LogP contribution in [0.5, 0.6) is 0 Å². The summed E-state index contributed by atoms with van der Waals surface area (Å²) in [6.07, 6.45) is 7.72. The van der Waals surface area contributed by atoms with Crippen LogP contribution in [0.2, 0.25) is 0 Å². The lowest BCUT2D eigenvalue weighted by atomic mass is 10.2. The molecular formula is C18H29N3O5. The maximum absolute atomic E-state index is 9.10. The quantitative estimate of drug-likeness (QED) is 0.645. The minimum Gasteiger partial charge on any atom is -0.473 e. The Bertz CT molecular complexity index is 551. The van der Waals surface area contributed by atoms with E-state index < -0.39 is 11.9 Å². The molecule has 0 unspecified atom stereocenters. The maximum Gasteiger partial charge on any atom is 0.414 e. The predicted octanol–water partition coefficient (Wildman–Crippen LogP) is 1.01. The van der Waals surface area contributed by atoms with Crippen molar-refractivity contribution in [1.29, 1.82) is 0 Å². The van der Waals surface area contributed by atoms with E-state index in [0.717, 1.165) is 52.0 Å². The number of ether oxygens (including phenoxy) is 1. The van der Waals surface area contributed by atoms with E-state index in [-0.39, 0.29) is 0 Å². The van der Waals surface area contributed by atoms with Crippen LogP contribution in [0, 0.1) is 0 Å². The van der Waals surface area contributed by atoms with Gasteiger partial charge < -0.3 is 24.8 Å². The summed E-state index contributed by atoms with van der Waals surface area (Å²) in [5.74, 6) is -3.65. The van der Waals surface area contributed by atoms with Crippen molar-refractivity contribution in [1.82, 2.24) is 14.8 Å². The highest BCUT2D eigenvalue weighted by atomic mass is 16.5. The van der Waals surface area contributed by atoms with Gasteiger partial charge in [-0.3, -0.25) is 4.90 Å². The summed E-state index contributed by atoms with van der Waals surface area (Å²) in [5, 5.41) is 18.5. The number of aromatic nitrogens is 1. The molecule has 0 bridgehead atoms. The van der Waals surface area contributed by atoms with Crippen LogP contribution in [-0.4, -0.2) is 70.5 Å². The first-order chi connectivity index (χ1) is 12.6. The van der Waals surface area contributed by atoms with Crippen LogP contribution >= 0.6 is 0 Å². The van der Waals surface area contributed by atoms with Crippen LogP contribution in [-0.2, 0) is 27.4 Å². The largest absolute Gasteiger partial charge is 0.473 e. The molecule has 0 radical (unpaired) electrons. The van der Waals surface area contributed by atoms with E-state index in [1.165, 1.54) is 31.4 Å². The van der Waals surface area contributed by atoms with Crippen molar-refractivity contribution < 1.29 is 24.5 Å². The van der Waals surface area contributed by atoms with Crippen LogP contribution in [0.4, 0.5) is 0 Å². The van der Waals surface area contributed by atoms with Gasteiger partial charge in [-0.05, 0) is 25.0 Å². The number of nitrogens with one attached hydrogen (secondary N) is 1. The van der Waals surface area contributed by atoms with Gasteiger partial charge in [0.15, 0.2) is 0 Å². The predicted molar refractivity (Wildman–Crippen MR) is 96.1 cm³/mol. The molecule has 1 aromatic rings. The van der Waals surface area contributed by atoms with Crippen molar-refractivity contribution in [2.45, 2.75) is 44.8 Å². The first-order valence-electron chi connectivity index (χ1n) is 9.20. The van der Waals surface area contributed by atoms with E-state index >= 15 is 0 Å². The number of rotatable bonds is 6. The average molecular weight is 367 g/mol. The first kappa shape index (κ1) is 20.4. The van der Waals surface area contributed by atoms with Crippen LogP contribution in [0.15, 0.2) is 18.3 Å². The third-order valence-corrected chi connectivity index (χ3v) is 4.79. The van der Waals surface area contributed by atoms with E-state index in [0.29, 0.717) is 0 Å². The normalized spacial score (nSPS) is 18.3. The molecule has 1 saturated carbocycles. The highest BCUT2D eigenvalue weighted by Crippen LogP contribution is 2.18. The molecule has 8 nitrogen and oxygen atoms in total. The van der Waals surface area contributed by atoms with E-state index in [1.54, 1.807) is 0 Å². The molecule has 0 spiro atoms.